The van der Waals surface area contributed by atoms with Gasteiger partial charge < -0.3 is 53.4 Å². The van der Waals surface area contributed by atoms with Crippen LogP contribution < -0.4 is 11.6 Å². The lowest BCUT2D eigenvalue weighted by Gasteiger charge is -2.19. The van der Waals surface area contributed by atoms with Gasteiger partial charge in [-0.2, -0.15) is 0 Å². The maximum atomic E-state index is 12.0. The minimum Gasteiger partial charge on any atom is -0.399 e. The highest BCUT2D eigenvalue weighted by molar-refractivity contribution is 5.86. The van der Waals surface area contributed by atoms with Crippen LogP contribution in [0.25, 0.3) is 0 Å². The van der Waals surface area contributed by atoms with Crippen molar-refractivity contribution in [3.63, 3.8) is 0 Å². The molecule has 0 atom stereocenters. The van der Waals surface area contributed by atoms with E-state index in [-0.39, 0.29) is 24.8 Å². The molecule has 0 aliphatic heterocycles. The second kappa shape index (κ2) is 49.2. The van der Waals surface area contributed by atoms with E-state index in [0.717, 1.165) is 4.90 Å². The molecule has 0 radical (unpaired) electrons. The molecule has 15 heteroatoms. The van der Waals surface area contributed by atoms with Crippen LogP contribution in [-0.2, 0) is 52.2 Å². The Balaban J connectivity index is -0.00000166. The lowest BCUT2D eigenvalue weighted by Crippen LogP contribution is -2.36. The fourth-order valence-electron chi connectivity index (χ4n) is 3.24. The Morgan fingerprint density at radius 2 is 0.880 bits per heavy atom. The Labute approximate surface area is 304 Å². The Hall–Kier alpha value is -1.92. The first kappa shape index (κ1) is 54.8. The Morgan fingerprint density at radius 3 is 1.16 bits per heavy atom. The summed E-state index contributed by atoms with van der Waals surface area (Å²) >= 11 is 0. The second-order valence-corrected chi connectivity index (χ2v) is 9.76. The quantitative estimate of drug-likeness (QED) is 0.0428. The molecule has 0 saturated heterocycles. The van der Waals surface area contributed by atoms with Crippen LogP contribution in [-0.4, -0.2) is 154 Å². The molecule has 4 N–H and O–H groups in total. The zero-order chi connectivity index (χ0) is 38.5. The third-order valence-corrected chi connectivity index (χ3v) is 5.39. The largest absolute Gasteiger partial charge is 0.399 e. The molecule has 2 amide bonds. The van der Waals surface area contributed by atoms with Gasteiger partial charge >= 0.3 is 0 Å². The predicted molar refractivity (Wildman–Crippen MR) is 197 cm³/mol. The number of carbonyl (C=O) groups excluding carboxylic acids is 2. The number of rotatable bonds is 34. The molecule has 15 nitrogen and oxygen atoms in total. The standard InChI is InChI=1S/C29H58N4O11.3C2H6/c1-4-36-7-8-38-11-12-40-15-16-42-19-20-44-22-21-43-18-17-41-14-13-39-10-9-37-6-5-33(31)25-28(30)24-32(26-34)29(35)23-27(2)3;3*1-2/h25-27H,4-24,30-31H2,1-3H3;3*1-2H3/b28-25-;;;. The van der Waals surface area contributed by atoms with Crippen molar-refractivity contribution >= 4 is 12.3 Å². The normalized spacial score (nSPS) is 10.7. The molecule has 0 fully saturated rings. The molecule has 0 spiro atoms. The van der Waals surface area contributed by atoms with Crippen LogP contribution >= 0.6 is 0 Å². The van der Waals surface area contributed by atoms with Gasteiger partial charge in [-0.25, -0.2) is 5.84 Å². The van der Waals surface area contributed by atoms with E-state index in [1.54, 1.807) is 0 Å². The van der Waals surface area contributed by atoms with E-state index in [9.17, 15) is 9.59 Å². The van der Waals surface area contributed by atoms with Crippen LogP contribution in [0.5, 0.6) is 0 Å². The van der Waals surface area contributed by atoms with Gasteiger partial charge in [0.15, 0.2) is 0 Å². The topological polar surface area (TPSA) is 176 Å². The molecule has 0 aromatic rings. The molecular weight excluding hydrogens is 652 g/mol. The summed E-state index contributed by atoms with van der Waals surface area (Å²) in [5.74, 6) is 5.75. The second-order valence-electron chi connectivity index (χ2n) is 9.76. The van der Waals surface area contributed by atoms with Gasteiger partial charge in [0.05, 0.1) is 125 Å². The summed E-state index contributed by atoms with van der Waals surface area (Å²) in [7, 11) is 0. The third-order valence-electron chi connectivity index (χ3n) is 5.39. The number of hydrogen-bond donors (Lipinski definition) is 2. The number of ether oxygens (including phenoxy) is 9. The molecule has 0 aromatic heterocycles. The highest BCUT2D eigenvalue weighted by atomic mass is 16.6. The molecule has 0 aliphatic rings. The van der Waals surface area contributed by atoms with Crippen molar-refractivity contribution in [1.82, 2.24) is 9.91 Å². The van der Waals surface area contributed by atoms with Crippen molar-refractivity contribution in [3.05, 3.63) is 11.9 Å². The predicted octanol–water partition coefficient (Wildman–Crippen LogP) is 3.24. The van der Waals surface area contributed by atoms with Gasteiger partial charge in [-0.15, -0.1) is 0 Å². The first-order valence-corrected chi connectivity index (χ1v) is 18.3. The first-order chi connectivity index (χ1) is 24.4. The average molecular weight is 729 g/mol. The summed E-state index contributed by atoms with van der Waals surface area (Å²) in [6, 6.07) is 0. The van der Waals surface area contributed by atoms with Gasteiger partial charge in [0.25, 0.3) is 0 Å². The summed E-state index contributed by atoms with van der Waals surface area (Å²) < 4.78 is 48.7. The molecular formula is C35H76N4O11. The molecule has 0 rings (SSSR count). The monoisotopic (exact) mass is 729 g/mol. The van der Waals surface area contributed by atoms with Crippen molar-refractivity contribution in [2.45, 2.75) is 68.7 Å². The number of hydrazine groups is 1. The molecule has 0 unspecified atom stereocenters. The zero-order valence-corrected chi connectivity index (χ0v) is 33.1. The minimum absolute atomic E-state index is 0.0124. The van der Waals surface area contributed by atoms with E-state index in [1.165, 1.54) is 11.2 Å². The number of carbonyl (C=O) groups is 2. The number of nitrogens with two attached hydrogens (primary N) is 2. The van der Waals surface area contributed by atoms with E-state index in [1.807, 2.05) is 62.3 Å². The molecule has 0 aliphatic carbocycles. The lowest BCUT2D eigenvalue weighted by molar-refractivity contribution is -0.138. The third kappa shape index (κ3) is 46.1. The van der Waals surface area contributed by atoms with Gasteiger partial charge in [0.2, 0.25) is 12.3 Å². The Kier molecular flexibility index (Phi) is 54.0. The van der Waals surface area contributed by atoms with Crippen LogP contribution in [0.2, 0.25) is 0 Å². The summed E-state index contributed by atoms with van der Waals surface area (Å²) in [6.45, 7) is 27.2. The van der Waals surface area contributed by atoms with Gasteiger partial charge in [-0.1, -0.05) is 55.4 Å². The molecule has 0 bridgehead atoms. The number of imide groups is 1. The highest BCUT2D eigenvalue weighted by Gasteiger charge is 2.15. The average Bonchev–Trinajstić information content (AvgIpc) is 3.12. The van der Waals surface area contributed by atoms with Gasteiger partial charge in [0, 0.05) is 24.9 Å². The smallest absolute Gasteiger partial charge is 0.229 e. The van der Waals surface area contributed by atoms with Crippen molar-refractivity contribution < 1.29 is 52.2 Å². The summed E-state index contributed by atoms with van der Waals surface area (Å²) in [5, 5.41) is 1.35. The molecule has 0 heterocycles. The number of hydrogen-bond acceptors (Lipinski definition) is 14. The van der Waals surface area contributed by atoms with Crippen molar-refractivity contribution in [2.24, 2.45) is 17.5 Å². The van der Waals surface area contributed by atoms with Gasteiger partial charge in [-0.05, 0) is 12.8 Å². The SMILES string of the molecule is CC.CC.CC.CCOCCOCCOCCOCCOCCOCCOCCOCCOCCN(N)/C=C(\N)CN(C=O)C(=O)CC(C)C. The van der Waals surface area contributed by atoms with Crippen LogP contribution in [0.15, 0.2) is 11.9 Å². The minimum atomic E-state index is -0.276. The van der Waals surface area contributed by atoms with Crippen molar-refractivity contribution in [3.8, 4) is 0 Å². The van der Waals surface area contributed by atoms with Gasteiger partial charge in [-0.3, -0.25) is 14.5 Å². The molecule has 302 valence electrons. The van der Waals surface area contributed by atoms with Gasteiger partial charge in [0.1, 0.15) is 0 Å². The van der Waals surface area contributed by atoms with Crippen LogP contribution in [0.3, 0.4) is 0 Å². The summed E-state index contributed by atoms with van der Waals surface area (Å²) in [5.41, 5.74) is 6.20. The summed E-state index contributed by atoms with van der Waals surface area (Å²) in [6.07, 6.45) is 2.23. The van der Waals surface area contributed by atoms with E-state index in [2.05, 4.69) is 0 Å². The van der Waals surface area contributed by atoms with Crippen LogP contribution in [0.4, 0.5) is 0 Å². The van der Waals surface area contributed by atoms with E-state index < -0.39 is 0 Å². The number of amides is 2. The van der Waals surface area contributed by atoms with E-state index in [0.29, 0.717) is 138 Å². The van der Waals surface area contributed by atoms with Crippen molar-refractivity contribution in [2.75, 3.05) is 132 Å². The first-order valence-electron chi connectivity index (χ1n) is 18.3. The van der Waals surface area contributed by atoms with E-state index >= 15 is 0 Å². The highest BCUT2D eigenvalue weighted by Crippen LogP contribution is 2.04. The van der Waals surface area contributed by atoms with E-state index in [4.69, 9.17) is 54.2 Å². The molecule has 0 saturated carbocycles. The van der Waals surface area contributed by atoms with Crippen LogP contribution in [0.1, 0.15) is 68.7 Å². The molecule has 50 heavy (non-hydrogen) atoms. The fourth-order valence-corrected chi connectivity index (χ4v) is 3.24. The number of nitrogens with zero attached hydrogens (tertiary/aromatic N) is 2. The maximum Gasteiger partial charge on any atom is 0.229 e. The summed E-state index contributed by atoms with van der Waals surface area (Å²) in [4.78, 5) is 24.2. The Morgan fingerprint density at radius 1 is 0.580 bits per heavy atom. The lowest BCUT2D eigenvalue weighted by atomic mass is 10.1. The van der Waals surface area contributed by atoms with Crippen LogP contribution in [0, 0.1) is 5.92 Å². The Bertz CT molecular complexity index is 693. The maximum absolute atomic E-state index is 12.0. The van der Waals surface area contributed by atoms with Crippen molar-refractivity contribution in [1.29, 1.82) is 0 Å². The molecule has 0 aromatic carbocycles. The zero-order valence-electron chi connectivity index (χ0n) is 33.1. The fraction of sp³-hybridized carbons (Fsp3) is 0.886.